The zero-order valence-corrected chi connectivity index (χ0v) is 15.6. The fraction of sp³-hybridized carbons (Fsp3) is 0.684. The van der Waals surface area contributed by atoms with Crippen LogP contribution in [0.15, 0.2) is 12.1 Å². The van der Waals surface area contributed by atoms with E-state index in [0.29, 0.717) is 24.6 Å². The molecule has 1 aromatic rings. The Morgan fingerprint density at radius 2 is 1.67 bits per heavy atom. The van der Waals surface area contributed by atoms with Gasteiger partial charge in [-0.3, -0.25) is 4.90 Å². The van der Waals surface area contributed by atoms with E-state index in [1.54, 1.807) is 14.2 Å². The lowest BCUT2D eigenvalue weighted by molar-refractivity contribution is -0.0686. The van der Waals surface area contributed by atoms with Crippen molar-refractivity contribution in [2.75, 3.05) is 40.5 Å². The summed E-state index contributed by atoms with van der Waals surface area (Å²) >= 11 is 0. The van der Waals surface area contributed by atoms with E-state index in [-0.39, 0.29) is 0 Å². The van der Waals surface area contributed by atoms with Gasteiger partial charge >= 0.3 is 0 Å². The van der Waals surface area contributed by atoms with Crippen LogP contribution in [0.1, 0.15) is 32.8 Å². The molecule has 5 nitrogen and oxygen atoms in total. The van der Waals surface area contributed by atoms with E-state index in [4.69, 9.17) is 18.9 Å². The predicted octanol–water partition coefficient (Wildman–Crippen LogP) is 3.14. The molecule has 1 aliphatic rings. The number of ether oxygens (including phenoxy) is 4. The van der Waals surface area contributed by atoms with Crippen LogP contribution < -0.4 is 14.2 Å². The van der Waals surface area contributed by atoms with Crippen LogP contribution in [0.3, 0.4) is 0 Å². The number of hydrogen-bond acceptors (Lipinski definition) is 5. The Labute approximate surface area is 145 Å². The maximum absolute atomic E-state index is 5.99. The van der Waals surface area contributed by atoms with Gasteiger partial charge in [0, 0.05) is 19.6 Å². The van der Waals surface area contributed by atoms with Gasteiger partial charge in [-0.1, -0.05) is 6.92 Å². The van der Waals surface area contributed by atoms with E-state index in [1.165, 1.54) is 5.56 Å². The minimum Gasteiger partial charge on any atom is -0.493 e. The number of methoxy groups -OCH3 is 2. The molecule has 0 aromatic heterocycles. The number of morpholine rings is 1. The Kier molecular flexibility index (Phi) is 7.18. The average molecular weight is 337 g/mol. The van der Waals surface area contributed by atoms with Crippen molar-refractivity contribution in [1.82, 2.24) is 4.90 Å². The standard InChI is InChI=1S/C19H31NO4/c1-6-16-10-17(21-4)19(18(11-16)22-5)23-9-7-8-20-12-14(2)24-15(3)13-20/h10-11,14-15H,6-9,12-13H2,1-5H3. The van der Waals surface area contributed by atoms with E-state index < -0.39 is 0 Å². The van der Waals surface area contributed by atoms with Crippen molar-refractivity contribution in [3.8, 4) is 17.2 Å². The van der Waals surface area contributed by atoms with Crippen molar-refractivity contribution in [3.63, 3.8) is 0 Å². The molecule has 1 saturated heterocycles. The molecule has 2 rings (SSSR count). The Hall–Kier alpha value is -1.46. The molecule has 1 aromatic carbocycles. The Balaban J connectivity index is 1.89. The van der Waals surface area contributed by atoms with Crippen LogP contribution in [0.2, 0.25) is 0 Å². The summed E-state index contributed by atoms with van der Waals surface area (Å²) in [4.78, 5) is 2.44. The first-order valence-electron chi connectivity index (χ1n) is 8.82. The zero-order chi connectivity index (χ0) is 17.5. The summed E-state index contributed by atoms with van der Waals surface area (Å²) in [6.45, 7) is 9.99. The van der Waals surface area contributed by atoms with Crippen molar-refractivity contribution >= 4 is 0 Å². The normalized spacial score (nSPS) is 21.5. The number of nitrogens with zero attached hydrogens (tertiary/aromatic N) is 1. The molecule has 136 valence electrons. The summed E-state index contributed by atoms with van der Waals surface area (Å²) in [5.74, 6) is 2.17. The highest BCUT2D eigenvalue weighted by molar-refractivity contribution is 5.53. The van der Waals surface area contributed by atoms with Gasteiger partial charge in [0.25, 0.3) is 0 Å². The van der Waals surface area contributed by atoms with Crippen molar-refractivity contribution in [2.24, 2.45) is 0 Å². The van der Waals surface area contributed by atoms with Crippen LogP contribution in [0.25, 0.3) is 0 Å². The summed E-state index contributed by atoms with van der Waals surface area (Å²) in [5, 5.41) is 0. The van der Waals surface area contributed by atoms with Gasteiger partial charge < -0.3 is 18.9 Å². The van der Waals surface area contributed by atoms with E-state index in [1.807, 2.05) is 12.1 Å². The molecule has 0 bridgehead atoms. The maximum atomic E-state index is 5.99. The van der Waals surface area contributed by atoms with E-state index in [9.17, 15) is 0 Å². The molecule has 0 amide bonds. The largest absolute Gasteiger partial charge is 0.493 e. The summed E-state index contributed by atoms with van der Waals surface area (Å²) in [6, 6.07) is 4.03. The third-order valence-corrected chi connectivity index (χ3v) is 4.29. The van der Waals surface area contributed by atoms with Gasteiger partial charge in [0.15, 0.2) is 11.5 Å². The van der Waals surface area contributed by atoms with E-state index in [0.717, 1.165) is 44.0 Å². The summed E-state index contributed by atoms with van der Waals surface area (Å²) < 4.78 is 22.7. The van der Waals surface area contributed by atoms with Crippen molar-refractivity contribution < 1.29 is 18.9 Å². The lowest BCUT2D eigenvalue weighted by Crippen LogP contribution is -2.45. The number of benzene rings is 1. The predicted molar refractivity (Wildman–Crippen MR) is 95.5 cm³/mol. The maximum Gasteiger partial charge on any atom is 0.203 e. The van der Waals surface area contributed by atoms with Gasteiger partial charge in [-0.2, -0.15) is 0 Å². The summed E-state index contributed by atoms with van der Waals surface area (Å²) in [6.07, 6.45) is 2.50. The fourth-order valence-corrected chi connectivity index (χ4v) is 3.21. The minimum absolute atomic E-state index is 0.302. The van der Waals surface area contributed by atoms with Gasteiger partial charge in [-0.25, -0.2) is 0 Å². The van der Waals surface area contributed by atoms with Gasteiger partial charge in [0.2, 0.25) is 5.75 Å². The van der Waals surface area contributed by atoms with Crippen molar-refractivity contribution in [1.29, 1.82) is 0 Å². The average Bonchev–Trinajstić information content (AvgIpc) is 2.57. The Morgan fingerprint density at radius 3 is 2.17 bits per heavy atom. The minimum atomic E-state index is 0.302. The van der Waals surface area contributed by atoms with Crippen molar-refractivity contribution in [3.05, 3.63) is 17.7 Å². The first-order chi connectivity index (χ1) is 11.6. The molecule has 0 N–H and O–H groups in total. The molecule has 1 fully saturated rings. The van der Waals surface area contributed by atoms with Gasteiger partial charge in [-0.15, -0.1) is 0 Å². The Bertz CT molecular complexity index is 485. The molecule has 24 heavy (non-hydrogen) atoms. The van der Waals surface area contributed by atoms with Crippen LogP contribution in [0, 0.1) is 0 Å². The first-order valence-corrected chi connectivity index (χ1v) is 8.82. The summed E-state index contributed by atoms with van der Waals surface area (Å²) in [5.41, 5.74) is 1.17. The monoisotopic (exact) mass is 337 g/mol. The number of hydrogen-bond donors (Lipinski definition) is 0. The highest BCUT2D eigenvalue weighted by Crippen LogP contribution is 2.38. The van der Waals surface area contributed by atoms with Gasteiger partial charge in [0.1, 0.15) is 0 Å². The molecule has 1 heterocycles. The summed E-state index contributed by atoms with van der Waals surface area (Å²) in [7, 11) is 3.33. The van der Waals surface area contributed by atoms with Gasteiger partial charge in [0.05, 0.1) is 33.0 Å². The van der Waals surface area contributed by atoms with Crippen molar-refractivity contribution in [2.45, 2.75) is 45.8 Å². The SMILES string of the molecule is CCc1cc(OC)c(OCCCN2CC(C)OC(C)C2)c(OC)c1. The topological polar surface area (TPSA) is 40.2 Å². The molecule has 0 saturated carbocycles. The number of rotatable bonds is 8. The molecule has 0 spiro atoms. The third kappa shape index (κ3) is 5.02. The molecule has 5 heteroatoms. The van der Waals surface area contributed by atoms with Crippen LogP contribution in [0.5, 0.6) is 17.2 Å². The molecular formula is C19H31NO4. The van der Waals surface area contributed by atoms with Crippen LogP contribution in [0.4, 0.5) is 0 Å². The Morgan fingerprint density at radius 1 is 1.08 bits per heavy atom. The molecule has 0 radical (unpaired) electrons. The second-order valence-corrected chi connectivity index (χ2v) is 6.40. The molecule has 0 aliphatic carbocycles. The second-order valence-electron chi connectivity index (χ2n) is 6.40. The number of aryl methyl sites for hydroxylation is 1. The second kappa shape index (κ2) is 9.14. The van der Waals surface area contributed by atoms with Crippen LogP contribution in [-0.4, -0.2) is 57.6 Å². The smallest absolute Gasteiger partial charge is 0.203 e. The molecule has 2 unspecified atom stereocenters. The van der Waals surface area contributed by atoms with E-state index in [2.05, 4.69) is 25.7 Å². The van der Waals surface area contributed by atoms with Crippen LogP contribution in [-0.2, 0) is 11.2 Å². The molecule has 1 aliphatic heterocycles. The van der Waals surface area contributed by atoms with Crippen LogP contribution >= 0.6 is 0 Å². The highest BCUT2D eigenvalue weighted by atomic mass is 16.5. The first kappa shape index (κ1) is 18.9. The lowest BCUT2D eigenvalue weighted by Gasteiger charge is -2.35. The molecule has 2 atom stereocenters. The quantitative estimate of drug-likeness (QED) is 0.682. The van der Waals surface area contributed by atoms with Gasteiger partial charge in [-0.05, 0) is 44.4 Å². The zero-order valence-electron chi connectivity index (χ0n) is 15.6. The lowest BCUT2D eigenvalue weighted by atomic mass is 10.1. The van der Waals surface area contributed by atoms with E-state index >= 15 is 0 Å². The highest BCUT2D eigenvalue weighted by Gasteiger charge is 2.21. The molecular weight excluding hydrogens is 306 g/mol. The third-order valence-electron chi connectivity index (χ3n) is 4.29. The fourth-order valence-electron chi connectivity index (χ4n) is 3.21.